The fourth-order valence-corrected chi connectivity index (χ4v) is 1.14. The van der Waals surface area contributed by atoms with Gasteiger partial charge in [0, 0.05) is 19.2 Å². The third-order valence-electron chi connectivity index (χ3n) is 1.84. The largest absolute Gasteiger partial charge is 0.508 e. The molecular weight excluding hydrogens is 178 g/mol. The molecule has 1 amide bonds. The normalized spacial score (nSPS) is 9.50. The molecule has 3 heteroatoms. The van der Waals surface area contributed by atoms with Crippen LogP contribution in [0, 0.1) is 0 Å². The van der Waals surface area contributed by atoms with Crippen molar-refractivity contribution in [3.05, 3.63) is 42.5 Å². The zero-order chi connectivity index (χ0) is 10.6. The van der Waals surface area contributed by atoms with Crippen LogP contribution < -0.4 is 0 Å². The second-order valence-electron chi connectivity index (χ2n) is 3.02. The summed E-state index contributed by atoms with van der Waals surface area (Å²) in [5.41, 5.74) is 0.481. The zero-order valence-corrected chi connectivity index (χ0v) is 8.10. The predicted molar refractivity (Wildman–Crippen MR) is 55.3 cm³/mol. The van der Waals surface area contributed by atoms with Crippen molar-refractivity contribution in [3.8, 4) is 5.75 Å². The van der Waals surface area contributed by atoms with Gasteiger partial charge < -0.3 is 10.0 Å². The van der Waals surface area contributed by atoms with E-state index in [2.05, 4.69) is 6.58 Å². The van der Waals surface area contributed by atoms with E-state index in [0.29, 0.717) is 12.1 Å². The molecular formula is C11H13NO2. The molecule has 0 aliphatic rings. The number of hydrogen-bond donors (Lipinski definition) is 1. The maximum absolute atomic E-state index is 11.7. The van der Waals surface area contributed by atoms with Crippen LogP contribution in [0.15, 0.2) is 36.9 Å². The highest BCUT2D eigenvalue weighted by Crippen LogP contribution is 2.12. The number of nitrogens with zero attached hydrogens (tertiary/aromatic N) is 1. The van der Waals surface area contributed by atoms with Crippen molar-refractivity contribution >= 4 is 5.91 Å². The highest BCUT2D eigenvalue weighted by atomic mass is 16.3. The average Bonchev–Trinajstić information content (AvgIpc) is 2.17. The Morgan fingerprint density at radius 3 is 2.93 bits per heavy atom. The van der Waals surface area contributed by atoms with Crippen LogP contribution in [0.5, 0.6) is 5.75 Å². The first-order valence-electron chi connectivity index (χ1n) is 4.30. The summed E-state index contributed by atoms with van der Waals surface area (Å²) in [4.78, 5) is 13.2. The van der Waals surface area contributed by atoms with Gasteiger partial charge in [-0.25, -0.2) is 0 Å². The molecule has 0 atom stereocenters. The maximum atomic E-state index is 11.7. The third-order valence-corrected chi connectivity index (χ3v) is 1.84. The molecule has 1 aromatic rings. The monoisotopic (exact) mass is 191 g/mol. The van der Waals surface area contributed by atoms with Crippen molar-refractivity contribution in [1.82, 2.24) is 4.90 Å². The van der Waals surface area contributed by atoms with Crippen LogP contribution in [0.25, 0.3) is 0 Å². The van der Waals surface area contributed by atoms with Crippen molar-refractivity contribution in [2.75, 3.05) is 13.6 Å². The van der Waals surface area contributed by atoms with Crippen LogP contribution in [0.4, 0.5) is 0 Å². The van der Waals surface area contributed by atoms with E-state index < -0.39 is 0 Å². The molecule has 1 aromatic carbocycles. The van der Waals surface area contributed by atoms with Gasteiger partial charge >= 0.3 is 0 Å². The Labute approximate surface area is 83.3 Å². The number of phenols is 1. The van der Waals surface area contributed by atoms with Crippen molar-refractivity contribution in [3.63, 3.8) is 0 Å². The quantitative estimate of drug-likeness (QED) is 0.738. The number of likely N-dealkylation sites (N-methyl/N-ethyl adjacent to an activating group) is 1. The summed E-state index contributed by atoms with van der Waals surface area (Å²) in [5, 5.41) is 9.18. The summed E-state index contributed by atoms with van der Waals surface area (Å²) in [6, 6.07) is 6.29. The molecule has 0 saturated heterocycles. The van der Waals surface area contributed by atoms with E-state index in [1.54, 1.807) is 25.3 Å². The van der Waals surface area contributed by atoms with E-state index in [1.165, 1.54) is 17.0 Å². The Bertz CT molecular complexity index is 347. The smallest absolute Gasteiger partial charge is 0.254 e. The number of phenolic OH excluding ortho intramolecular Hbond substituents is 1. The van der Waals surface area contributed by atoms with Gasteiger partial charge in [-0.3, -0.25) is 4.79 Å². The van der Waals surface area contributed by atoms with E-state index in [0.717, 1.165) is 0 Å². The minimum Gasteiger partial charge on any atom is -0.508 e. The minimum atomic E-state index is -0.124. The summed E-state index contributed by atoms with van der Waals surface area (Å²) in [5.74, 6) is -0.0244. The fourth-order valence-electron chi connectivity index (χ4n) is 1.14. The lowest BCUT2D eigenvalue weighted by Crippen LogP contribution is -2.26. The lowest BCUT2D eigenvalue weighted by Gasteiger charge is -2.14. The Hall–Kier alpha value is -1.77. The standard InChI is InChI=1S/C11H13NO2/c1-3-7-12(2)11(14)9-5-4-6-10(13)8-9/h3-6,8,13H,1,7H2,2H3. The van der Waals surface area contributed by atoms with Crippen LogP contribution in [0.1, 0.15) is 10.4 Å². The average molecular weight is 191 g/mol. The van der Waals surface area contributed by atoms with Crippen molar-refractivity contribution < 1.29 is 9.90 Å². The first kappa shape index (κ1) is 10.3. The van der Waals surface area contributed by atoms with Gasteiger partial charge in [-0.05, 0) is 18.2 Å². The highest BCUT2D eigenvalue weighted by Gasteiger charge is 2.09. The summed E-state index contributed by atoms with van der Waals surface area (Å²) < 4.78 is 0. The zero-order valence-electron chi connectivity index (χ0n) is 8.10. The van der Waals surface area contributed by atoms with Crippen LogP contribution in [-0.2, 0) is 0 Å². The van der Waals surface area contributed by atoms with E-state index in [-0.39, 0.29) is 11.7 Å². The lowest BCUT2D eigenvalue weighted by atomic mass is 10.2. The molecule has 0 radical (unpaired) electrons. The Morgan fingerprint density at radius 2 is 2.36 bits per heavy atom. The van der Waals surface area contributed by atoms with E-state index in [4.69, 9.17) is 0 Å². The second kappa shape index (κ2) is 4.46. The lowest BCUT2D eigenvalue weighted by molar-refractivity contribution is 0.0810. The number of hydrogen-bond acceptors (Lipinski definition) is 2. The van der Waals surface area contributed by atoms with Crippen molar-refractivity contribution in [2.45, 2.75) is 0 Å². The first-order valence-corrected chi connectivity index (χ1v) is 4.30. The van der Waals surface area contributed by atoms with Crippen molar-refractivity contribution in [1.29, 1.82) is 0 Å². The van der Waals surface area contributed by atoms with Gasteiger partial charge in [-0.2, -0.15) is 0 Å². The predicted octanol–water partition coefficient (Wildman–Crippen LogP) is 1.65. The van der Waals surface area contributed by atoms with Gasteiger partial charge in [0.2, 0.25) is 0 Å². The first-order chi connectivity index (χ1) is 6.65. The molecule has 0 saturated carbocycles. The SMILES string of the molecule is C=CCN(C)C(=O)c1cccc(O)c1. The molecule has 0 aliphatic heterocycles. The number of carbonyl (C=O) groups excluding carboxylic acids is 1. The molecule has 74 valence electrons. The molecule has 0 unspecified atom stereocenters. The Kier molecular flexibility index (Phi) is 3.29. The number of benzene rings is 1. The molecule has 1 rings (SSSR count). The number of aromatic hydroxyl groups is 1. The molecule has 3 nitrogen and oxygen atoms in total. The molecule has 0 aromatic heterocycles. The topological polar surface area (TPSA) is 40.5 Å². The van der Waals surface area contributed by atoms with Crippen LogP contribution in [0.2, 0.25) is 0 Å². The van der Waals surface area contributed by atoms with Gasteiger partial charge in [0.15, 0.2) is 0 Å². The molecule has 0 bridgehead atoms. The van der Waals surface area contributed by atoms with Gasteiger partial charge in [0.05, 0.1) is 0 Å². The number of amides is 1. The van der Waals surface area contributed by atoms with Gasteiger partial charge in [0.1, 0.15) is 5.75 Å². The summed E-state index contributed by atoms with van der Waals surface area (Å²) in [7, 11) is 1.69. The van der Waals surface area contributed by atoms with Gasteiger partial charge in [0.25, 0.3) is 5.91 Å². The van der Waals surface area contributed by atoms with E-state index in [1.807, 2.05) is 0 Å². The van der Waals surface area contributed by atoms with Crippen LogP contribution in [0.3, 0.4) is 0 Å². The Morgan fingerprint density at radius 1 is 1.64 bits per heavy atom. The van der Waals surface area contributed by atoms with Gasteiger partial charge in [-0.1, -0.05) is 12.1 Å². The molecule has 14 heavy (non-hydrogen) atoms. The molecule has 0 spiro atoms. The van der Waals surface area contributed by atoms with Crippen LogP contribution >= 0.6 is 0 Å². The molecule has 0 aliphatic carbocycles. The van der Waals surface area contributed by atoms with E-state index >= 15 is 0 Å². The maximum Gasteiger partial charge on any atom is 0.254 e. The fraction of sp³-hybridized carbons (Fsp3) is 0.182. The Balaban J connectivity index is 2.83. The summed E-state index contributed by atoms with van der Waals surface area (Å²) >= 11 is 0. The third kappa shape index (κ3) is 2.36. The van der Waals surface area contributed by atoms with Crippen LogP contribution in [-0.4, -0.2) is 29.5 Å². The molecule has 1 N–H and O–H groups in total. The number of rotatable bonds is 3. The number of carbonyl (C=O) groups is 1. The second-order valence-corrected chi connectivity index (χ2v) is 3.02. The van der Waals surface area contributed by atoms with Crippen molar-refractivity contribution in [2.24, 2.45) is 0 Å². The van der Waals surface area contributed by atoms with E-state index in [9.17, 15) is 9.90 Å². The minimum absolute atomic E-state index is 0.0999. The highest BCUT2D eigenvalue weighted by molar-refractivity contribution is 5.94. The molecule has 0 fully saturated rings. The summed E-state index contributed by atoms with van der Waals surface area (Å²) in [6.45, 7) is 4.05. The van der Waals surface area contributed by atoms with Gasteiger partial charge in [-0.15, -0.1) is 6.58 Å². The summed E-state index contributed by atoms with van der Waals surface area (Å²) in [6.07, 6.45) is 1.65. The molecule has 0 heterocycles.